The number of carbonyl (C=O) groups is 3. The van der Waals surface area contributed by atoms with Crippen LogP contribution < -0.4 is 15.4 Å². The van der Waals surface area contributed by atoms with Gasteiger partial charge in [0.1, 0.15) is 12.3 Å². The molecular weight excluding hydrogens is 360 g/mol. The highest BCUT2D eigenvalue weighted by Gasteiger charge is 2.13. The van der Waals surface area contributed by atoms with Crippen molar-refractivity contribution in [1.82, 2.24) is 10.6 Å². The molecule has 148 valence electrons. The third kappa shape index (κ3) is 6.75. The minimum Gasteiger partial charge on any atom is -0.494 e. The SMILES string of the molecule is CCOc1ccc(C(=O)NCC(=O)OCC(=O)N[C@@H](C)c2ccccc2)cc1. The van der Waals surface area contributed by atoms with Crippen LogP contribution in [0.4, 0.5) is 0 Å². The molecule has 28 heavy (non-hydrogen) atoms. The Balaban J connectivity index is 1.70. The third-order valence-electron chi connectivity index (χ3n) is 3.86. The van der Waals surface area contributed by atoms with Crippen LogP contribution in [-0.4, -0.2) is 37.5 Å². The maximum Gasteiger partial charge on any atom is 0.325 e. The molecule has 0 heterocycles. The summed E-state index contributed by atoms with van der Waals surface area (Å²) in [5, 5.41) is 5.20. The minimum atomic E-state index is -0.693. The van der Waals surface area contributed by atoms with Crippen LogP contribution in [0.25, 0.3) is 0 Å². The Kier molecular flexibility index (Phi) is 8.02. The Labute approximate surface area is 164 Å². The van der Waals surface area contributed by atoms with Crippen LogP contribution in [0.1, 0.15) is 35.8 Å². The van der Waals surface area contributed by atoms with Crippen LogP contribution in [0.3, 0.4) is 0 Å². The summed E-state index contributed by atoms with van der Waals surface area (Å²) in [7, 11) is 0. The summed E-state index contributed by atoms with van der Waals surface area (Å²) < 4.78 is 10.2. The molecule has 0 fully saturated rings. The van der Waals surface area contributed by atoms with Crippen LogP contribution in [0.15, 0.2) is 54.6 Å². The van der Waals surface area contributed by atoms with Crippen molar-refractivity contribution >= 4 is 17.8 Å². The zero-order valence-electron chi connectivity index (χ0n) is 15.9. The van der Waals surface area contributed by atoms with Gasteiger partial charge in [-0.2, -0.15) is 0 Å². The molecule has 0 unspecified atom stereocenters. The van der Waals surface area contributed by atoms with Gasteiger partial charge in [0.25, 0.3) is 11.8 Å². The topological polar surface area (TPSA) is 93.7 Å². The number of hydrogen-bond donors (Lipinski definition) is 2. The Morgan fingerprint density at radius 1 is 1.00 bits per heavy atom. The van der Waals surface area contributed by atoms with Gasteiger partial charge in [-0.15, -0.1) is 0 Å². The number of rotatable bonds is 9. The molecule has 0 aromatic heterocycles. The van der Waals surface area contributed by atoms with E-state index in [1.165, 1.54) is 0 Å². The van der Waals surface area contributed by atoms with E-state index in [-0.39, 0.29) is 12.6 Å². The van der Waals surface area contributed by atoms with Gasteiger partial charge in [-0.3, -0.25) is 14.4 Å². The second kappa shape index (κ2) is 10.7. The quantitative estimate of drug-likeness (QED) is 0.647. The van der Waals surface area contributed by atoms with Gasteiger partial charge in [-0.25, -0.2) is 0 Å². The average Bonchev–Trinajstić information content (AvgIpc) is 2.72. The highest BCUT2D eigenvalue weighted by Crippen LogP contribution is 2.12. The van der Waals surface area contributed by atoms with Gasteiger partial charge in [-0.05, 0) is 43.7 Å². The van der Waals surface area contributed by atoms with Crippen LogP contribution in [0, 0.1) is 0 Å². The molecule has 0 bridgehead atoms. The Hall–Kier alpha value is -3.35. The summed E-state index contributed by atoms with van der Waals surface area (Å²) in [4.78, 5) is 35.6. The summed E-state index contributed by atoms with van der Waals surface area (Å²) in [5.74, 6) is -0.860. The first kappa shape index (κ1) is 21.0. The summed E-state index contributed by atoms with van der Waals surface area (Å²) >= 11 is 0. The van der Waals surface area contributed by atoms with E-state index in [0.717, 1.165) is 5.56 Å². The molecule has 0 radical (unpaired) electrons. The van der Waals surface area contributed by atoms with Crippen LogP contribution in [0.2, 0.25) is 0 Å². The van der Waals surface area contributed by atoms with Crippen LogP contribution >= 0.6 is 0 Å². The van der Waals surface area contributed by atoms with E-state index in [1.807, 2.05) is 44.2 Å². The maximum absolute atomic E-state index is 12.0. The molecule has 2 rings (SSSR count). The van der Waals surface area contributed by atoms with Gasteiger partial charge in [0.05, 0.1) is 12.6 Å². The fourth-order valence-electron chi connectivity index (χ4n) is 2.43. The number of nitrogens with one attached hydrogen (secondary N) is 2. The predicted molar refractivity (Wildman–Crippen MR) is 104 cm³/mol. The number of carbonyl (C=O) groups excluding carboxylic acids is 3. The first-order valence-corrected chi connectivity index (χ1v) is 9.00. The molecule has 0 saturated heterocycles. The number of amides is 2. The second-order valence-electron chi connectivity index (χ2n) is 6.00. The molecule has 1 atom stereocenters. The third-order valence-corrected chi connectivity index (χ3v) is 3.86. The van der Waals surface area contributed by atoms with Crippen molar-refractivity contribution in [1.29, 1.82) is 0 Å². The first-order valence-electron chi connectivity index (χ1n) is 9.00. The van der Waals surface area contributed by atoms with Crippen molar-refractivity contribution in [2.24, 2.45) is 0 Å². The lowest BCUT2D eigenvalue weighted by Gasteiger charge is -2.14. The van der Waals surface area contributed by atoms with Crippen molar-refractivity contribution in [3.8, 4) is 5.75 Å². The molecule has 7 heteroatoms. The highest BCUT2D eigenvalue weighted by molar-refractivity contribution is 5.96. The van der Waals surface area contributed by atoms with Gasteiger partial charge < -0.3 is 20.1 Å². The number of benzene rings is 2. The number of esters is 1. The lowest BCUT2D eigenvalue weighted by molar-refractivity contribution is -0.147. The molecule has 0 spiro atoms. The number of hydrogen-bond acceptors (Lipinski definition) is 5. The van der Waals surface area contributed by atoms with E-state index in [0.29, 0.717) is 17.9 Å². The molecule has 2 amide bonds. The van der Waals surface area contributed by atoms with Crippen molar-refractivity contribution < 1.29 is 23.9 Å². The van der Waals surface area contributed by atoms with E-state index in [9.17, 15) is 14.4 Å². The maximum atomic E-state index is 12.0. The predicted octanol–water partition coefficient (Wildman–Crippen LogP) is 2.24. The highest BCUT2D eigenvalue weighted by atomic mass is 16.5. The van der Waals surface area contributed by atoms with Gasteiger partial charge in [0, 0.05) is 5.56 Å². The van der Waals surface area contributed by atoms with Gasteiger partial charge in [0.2, 0.25) is 0 Å². The van der Waals surface area contributed by atoms with Crippen molar-refractivity contribution in [2.45, 2.75) is 19.9 Å². The zero-order valence-corrected chi connectivity index (χ0v) is 15.9. The Morgan fingerprint density at radius 2 is 1.68 bits per heavy atom. The molecule has 2 N–H and O–H groups in total. The Morgan fingerprint density at radius 3 is 2.32 bits per heavy atom. The lowest BCUT2D eigenvalue weighted by Crippen LogP contribution is -2.34. The van der Waals surface area contributed by atoms with Crippen LogP contribution in [0.5, 0.6) is 5.75 Å². The smallest absolute Gasteiger partial charge is 0.325 e. The van der Waals surface area contributed by atoms with E-state index in [2.05, 4.69) is 10.6 Å². The van der Waals surface area contributed by atoms with E-state index in [4.69, 9.17) is 9.47 Å². The zero-order chi connectivity index (χ0) is 20.4. The van der Waals surface area contributed by atoms with Gasteiger partial charge in [0.15, 0.2) is 6.61 Å². The molecule has 7 nitrogen and oxygen atoms in total. The summed E-state index contributed by atoms with van der Waals surface area (Å²) in [6.45, 7) is 3.51. The van der Waals surface area contributed by atoms with E-state index >= 15 is 0 Å². The van der Waals surface area contributed by atoms with Gasteiger partial charge >= 0.3 is 5.97 Å². The summed E-state index contributed by atoms with van der Waals surface area (Å²) in [6, 6.07) is 15.8. The van der Waals surface area contributed by atoms with Crippen molar-refractivity contribution in [3.63, 3.8) is 0 Å². The Bertz CT molecular complexity index is 790. The molecule has 0 aliphatic heterocycles. The fourth-order valence-corrected chi connectivity index (χ4v) is 2.43. The normalized spacial score (nSPS) is 11.2. The first-order chi connectivity index (χ1) is 13.5. The van der Waals surface area contributed by atoms with E-state index < -0.39 is 24.4 Å². The van der Waals surface area contributed by atoms with Crippen LogP contribution in [-0.2, 0) is 14.3 Å². The average molecular weight is 384 g/mol. The minimum absolute atomic E-state index is 0.202. The molecule has 0 saturated carbocycles. The fraction of sp³-hybridized carbons (Fsp3) is 0.286. The monoisotopic (exact) mass is 384 g/mol. The molecule has 2 aromatic rings. The summed E-state index contributed by atoms with van der Waals surface area (Å²) in [6.07, 6.45) is 0. The summed E-state index contributed by atoms with van der Waals surface area (Å²) in [5.41, 5.74) is 1.34. The van der Waals surface area contributed by atoms with E-state index in [1.54, 1.807) is 24.3 Å². The molecular formula is C21H24N2O5. The largest absolute Gasteiger partial charge is 0.494 e. The standard InChI is InChI=1S/C21H24N2O5/c1-3-27-18-11-9-17(10-12-18)21(26)22-13-20(25)28-14-19(24)23-15(2)16-7-5-4-6-8-16/h4-12,15H,3,13-14H2,1-2H3,(H,22,26)(H,23,24)/t15-/m0/s1. The van der Waals surface area contributed by atoms with Crippen molar-refractivity contribution in [3.05, 3.63) is 65.7 Å². The van der Waals surface area contributed by atoms with Gasteiger partial charge in [-0.1, -0.05) is 30.3 Å². The van der Waals surface area contributed by atoms with Crippen molar-refractivity contribution in [2.75, 3.05) is 19.8 Å². The molecule has 0 aliphatic carbocycles. The second-order valence-corrected chi connectivity index (χ2v) is 6.00. The molecule has 2 aromatic carbocycles. The molecule has 0 aliphatic rings. The lowest BCUT2D eigenvalue weighted by atomic mass is 10.1. The number of ether oxygens (including phenoxy) is 2.